The summed E-state index contributed by atoms with van der Waals surface area (Å²) in [4.78, 5) is 10.4. The van der Waals surface area contributed by atoms with Gasteiger partial charge in [0.1, 0.15) is 11.6 Å². The summed E-state index contributed by atoms with van der Waals surface area (Å²) in [6.07, 6.45) is 0.512. The van der Waals surface area contributed by atoms with Crippen LogP contribution in [0, 0.1) is 18.3 Å². The summed E-state index contributed by atoms with van der Waals surface area (Å²) >= 11 is 0. The smallest absolute Gasteiger partial charge is 0.144 e. The summed E-state index contributed by atoms with van der Waals surface area (Å²) in [5.41, 5.74) is 6.48. The number of aromatic nitrogens is 2. The number of rotatable bonds is 4. The molecule has 1 aromatic heterocycles. The van der Waals surface area contributed by atoms with Gasteiger partial charge in [-0.05, 0) is 14.0 Å². The summed E-state index contributed by atoms with van der Waals surface area (Å²) < 4.78 is 0. The minimum atomic E-state index is 0.492. The van der Waals surface area contributed by atoms with Gasteiger partial charge in [-0.15, -0.1) is 0 Å². The fourth-order valence-corrected chi connectivity index (χ4v) is 1.29. The largest absolute Gasteiger partial charge is 0.384 e. The van der Waals surface area contributed by atoms with Gasteiger partial charge < -0.3 is 5.73 Å². The Hall–Kier alpha value is -1.67. The summed E-state index contributed by atoms with van der Waals surface area (Å²) in [7, 11) is 1.93. The second-order valence-corrected chi connectivity index (χ2v) is 3.50. The molecule has 1 heterocycles. The van der Waals surface area contributed by atoms with E-state index in [1.165, 1.54) is 0 Å². The molecule has 2 N–H and O–H groups in total. The van der Waals surface area contributed by atoms with Gasteiger partial charge >= 0.3 is 0 Å². The van der Waals surface area contributed by atoms with Crippen molar-refractivity contribution in [3.05, 3.63) is 17.6 Å². The summed E-state index contributed by atoms with van der Waals surface area (Å²) in [6.45, 7) is 3.22. The minimum absolute atomic E-state index is 0.492. The third kappa shape index (κ3) is 3.92. The van der Waals surface area contributed by atoms with Gasteiger partial charge in [0.15, 0.2) is 0 Å². The summed E-state index contributed by atoms with van der Waals surface area (Å²) in [5, 5.41) is 8.44. The first-order valence-electron chi connectivity index (χ1n) is 4.77. The molecule has 0 spiro atoms. The molecule has 1 rings (SSSR count). The Kier molecular flexibility index (Phi) is 4.01. The van der Waals surface area contributed by atoms with Gasteiger partial charge in [0.25, 0.3) is 0 Å². The van der Waals surface area contributed by atoms with Crippen LogP contribution in [0.4, 0.5) is 5.82 Å². The molecule has 0 saturated carbocycles. The SMILES string of the molecule is Cc1cc(N)nc(CN(C)CCC#N)n1. The Labute approximate surface area is 89.6 Å². The molecular weight excluding hydrogens is 190 g/mol. The first kappa shape index (κ1) is 11.4. The van der Waals surface area contributed by atoms with Gasteiger partial charge in [-0.2, -0.15) is 5.26 Å². The van der Waals surface area contributed by atoms with E-state index in [0.717, 1.165) is 5.69 Å². The topological polar surface area (TPSA) is 78.8 Å². The van der Waals surface area contributed by atoms with E-state index in [0.29, 0.717) is 31.2 Å². The first-order chi connectivity index (χ1) is 7.11. The van der Waals surface area contributed by atoms with E-state index in [2.05, 4.69) is 16.0 Å². The predicted octanol–water partition coefficient (Wildman–Crippen LogP) is 0.713. The maximum Gasteiger partial charge on any atom is 0.144 e. The lowest BCUT2D eigenvalue weighted by atomic mass is 10.4. The Morgan fingerprint density at radius 3 is 2.87 bits per heavy atom. The van der Waals surface area contributed by atoms with Crippen molar-refractivity contribution in [1.82, 2.24) is 14.9 Å². The molecule has 5 heteroatoms. The molecule has 0 aliphatic heterocycles. The third-order valence-electron chi connectivity index (χ3n) is 1.94. The van der Waals surface area contributed by atoms with Crippen molar-refractivity contribution in [1.29, 1.82) is 5.26 Å². The van der Waals surface area contributed by atoms with Crippen molar-refractivity contribution >= 4 is 5.82 Å². The number of aryl methyl sites for hydroxylation is 1. The maximum atomic E-state index is 8.44. The second kappa shape index (κ2) is 5.27. The molecule has 5 nitrogen and oxygen atoms in total. The molecule has 0 saturated heterocycles. The lowest BCUT2D eigenvalue weighted by Gasteiger charge is -2.13. The Bertz CT molecular complexity index is 348. The van der Waals surface area contributed by atoms with E-state index < -0.39 is 0 Å². The highest BCUT2D eigenvalue weighted by molar-refractivity contribution is 5.29. The highest BCUT2D eigenvalue weighted by Crippen LogP contribution is 2.03. The van der Waals surface area contributed by atoms with E-state index in [4.69, 9.17) is 11.0 Å². The van der Waals surface area contributed by atoms with E-state index in [9.17, 15) is 0 Å². The van der Waals surface area contributed by atoms with Gasteiger partial charge in [-0.25, -0.2) is 9.97 Å². The molecule has 0 bridgehead atoms. The van der Waals surface area contributed by atoms with Crippen LogP contribution in [0.15, 0.2) is 6.07 Å². The van der Waals surface area contributed by atoms with Crippen LogP contribution in [0.2, 0.25) is 0 Å². The number of hydrogen-bond donors (Lipinski definition) is 1. The van der Waals surface area contributed by atoms with Gasteiger partial charge in [-0.1, -0.05) is 0 Å². The molecule has 15 heavy (non-hydrogen) atoms. The monoisotopic (exact) mass is 205 g/mol. The number of hydrogen-bond acceptors (Lipinski definition) is 5. The number of nitrogens with zero attached hydrogens (tertiary/aromatic N) is 4. The van der Waals surface area contributed by atoms with E-state index in [1.807, 2.05) is 18.9 Å². The van der Waals surface area contributed by atoms with Crippen LogP contribution in [0.1, 0.15) is 17.9 Å². The van der Waals surface area contributed by atoms with Gasteiger partial charge in [0.05, 0.1) is 12.6 Å². The average Bonchev–Trinajstić information content (AvgIpc) is 2.13. The molecule has 0 radical (unpaired) electrons. The van der Waals surface area contributed by atoms with Crippen molar-refractivity contribution < 1.29 is 0 Å². The van der Waals surface area contributed by atoms with Crippen LogP contribution in [-0.2, 0) is 6.54 Å². The molecule has 0 unspecified atom stereocenters. The second-order valence-electron chi connectivity index (χ2n) is 3.50. The van der Waals surface area contributed by atoms with Crippen LogP contribution >= 0.6 is 0 Å². The maximum absolute atomic E-state index is 8.44. The van der Waals surface area contributed by atoms with Crippen molar-refractivity contribution in [3.63, 3.8) is 0 Å². The van der Waals surface area contributed by atoms with Crippen molar-refractivity contribution in [3.8, 4) is 6.07 Å². The minimum Gasteiger partial charge on any atom is -0.384 e. The van der Waals surface area contributed by atoms with Crippen LogP contribution < -0.4 is 5.73 Å². The Morgan fingerprint density at radius 1 is 1.53 bits per heavy atom. The molecule has 0 aliphatic carbocycles. The van der Waals surface area contributed by atoms with Gasteiger partial charge in [0, 0.05) is 24.7 Å². The zero-order valence-corrected chi connectivity index (χ0v) is 9.06. The van der Waals surface area contributed by atoms with E-state index in [-0.39, 0.29) is 0 Å². The van der Waals surface area contributed by atoms with Crippen LogP contribution in [0.3, 0.4) is 0 Å². The number of nitrogen functional groups attached to an aromatic ring is 1. The van der Waals surface area contributed by atoms with E-state index in [1.54, 1.807) is 6.07 Å². The number of nitrogens with two attached hydrogens (primary N) is 1. The van der Waals surface area contributed by atoms with E-state index >= 15 is 0 Å². The molecule has 80 valence electrons. The molecule has 0 atom stereocenters. The summed E-state index contributed by atoms with van der Waals surface area (Å²) in [5.74, 6) is 1.19. The van der Waals surface area contributed by atoms with Gasteiger partial charge in [0.2, 0.25) is 0 Å². The highest BCUT2D eigenvalue weighted by atomic mass is 15.1. The molecule has 0 aliphatic rings. The Morgan fingerprint density at radius 2 is 2.27 bits per heavy atom. The molecular formula is C10H15N5. The predicted molar refractivity (Wildman–Crippen MR) is 57.7 cm³/mol. The van der Waals surface area contributed by atoms with Crippen LogP contribution in [0.25, 0.3) is 0 Å². The Balaban J connectivity index is 2.60. The highest BCUT2D eigenvalue weighted by Gasteiger charge is 2.04. The third-order valence-corrected chi connectivity index (χ3v) is 1.94. The lowest BCUT2D eigenvalue weighted by Crippen LogP contribution is -2.20. The normalized spacial score (nSPS) is 10.3. The summed E-state index contributed by atoms with van der Waals surface area (Å²) in [6, 6.07) is 3.83. The molecule has 0 fully saturated rings. The van der Waals surface area contributed by atoms with Crippen LogP contribution in [-0.4, -0.2) is 28.5 Å². The fraction of sp³-hybridized carbons (Fsp3) is 0.500. The lowest BCUT2D eigenvalue weighted by molar-refractivity contribution is 0.326. The fourth-order valence-electron chi connectivity index (χ4n) is 1.29. The number of nitriles is 1. The van der Waals surface area contributed by atoms with Crippen molar-refractivity contribution in [2.45, 2.75) is 19.9 Å². The molecule has 0 amide bonds. The first-order valence-corrected chi connectivity index (χ1v) is 4.77. The molecule has 0 aromatic carbocycles. The van der Waals surface area contributed by atoms with Crippen molar-refractivity contribution in [2.75, 3.05) is 19.3 Å². The quantitative estimate of drug-likeness (QED) is 0.783. The zero-order chi connectivity index (χ0) is 11.3. The van der Waals surface area contributed by atoms with Crippen LogP contribution in [0.5, 0.6) is 0 Å². The van der Waals surface area contributed by atoms with Gasteiger partial charge in [-0.3, -0.25) is 4.90 Å². The number of anilines is 1. The molecule has 1 aromatic rings. The van der Waals surface area contributed by atoms with Crippen molar-refractivity contribution in [2.24, 2.45) is 0 Å². The zero-order valence-electron chi connectivity index (χ0n) is 9.06. The average molecular weight is 205 g/mol. The standard InChI is InChI=1S/C10H15N5/c1-8-6-9(12)14-10(13-8)7-15(2)5-3-4-11/h6H,3,5,7H2,1-2H3,(H2,12,13,14).